The first-order valence-electron chi connectivity index (χ1n) is 7.13. The zero-order valence-electron chi connectivity index (χ0n) is 12.5. The third kappa shape index (κ3) is 3.29. The van der Waals surface area contributed by atoms with Gasteiger partial charge in [0.05, 0.1) is 12.1 Å². The van der Waals surface area contributed by atoms with Crippen molar-refractivity contribution < 1.29 is 14.3 Å². The minimum atomic E-state index is -0.831. The molecule has 1 unspecified atom stereocenters. The molecule has 3 rings (SSSR count). The highest BCUT2D eigenvalue weighted by Crippen LogP contribution is 2.33. The van der Waals surface area contributed by atoms with Gasteiger partial charge in [0, 0.05) is 17.8 Å². The second-order valence-corrected chi connectivity index (χ2v) is 5.67. The Bertz CT molecular complexity index is 746. The number of hydrogen-bond donors (Lipinski definition) is 1. The lowest BCUT2D eigenvalue weighted by Gasteiger charge is -2.31. The summed E-state index contributed by atoms with van der Waals surface area (Å²) < 4.78 is 5.67. The Balaban J connectivity index is 1.69. The molecule has 0 aromatic heterocycles. The summed E-state index contributed by atoms with van der Waals surface area (Å²) in [6, 6.07) is 14.0. The average molecular weight is 331 g/mol. The monoisotopic (exact) mass is 330 g/mol. The van der Waals surface area contributed by atoms with Crippen molar-refractivity contribution in [3.8, 4) is 5.75 Å². The Labute approximate surface area is 138 Å². The van der Waals surface area contributed by atoms with Gasteiger partial charge in [-0.05, 0) is 36.4 Å². The maximum atomic E-state index is 12.3. The van der Waals surface area contributed by atoms with Gasteiger partial charge in [0.1, 0.15) is 5.75 Å². The molecule has 23 heavy (non-hydrogen) atoms. The van der Waals surface area contributed by atoms with Gasteiger partial charge in [0.25, 0.3) is 5.91 Å². The van der Waals surface area contributed by atoms with E-state index >= 15 is 0 Å². The van der Waals surface area contributed by atoms with Crippen LogP contribution >= 0.6 is 11.6 Å². The zero-order valence-corrected chi connectivity index (χ0v) is 13.2. The summed E-state index contributed by atoms with van der Waals surface area (Å²) in [5, 5.41) is 3.32. The van der Waals surface area contributed by atoms with E-state index in [4.69, 9.17) is 16.3 Å². The van der Waals surface area contributed by atoms with Gasteiger partial charge in [-0.25, -0.2) is 0 Å². The van der Waals surface area contributed by atoms with Crippen LogP contribution in [-0.4, -0.2) is 25.0 Å². The molecule has 0 saturated heterocycles. The van der Waals surface area contributed by atoms with E-state index in [-0.39, 0.29) is 18.2 Å². The van der Waals surface area contributed by atoms with Gasteiger partial charge in [-0.15, -0.1) is 0 Å². The molecular weight excluding hydrogens is 316 g/mol. The maximum absolute atomic E-state index is 12.3. The van der Waals surface area contributed by atoms with Crippen molar-refractivity contribution in [1.29, 1.82) is 0 Å². The van der Waals surface area contributed by atoms with Gasteiger partial charge in [-0.2, -0.15) is 0 Å². The van der Waals surface area contributed by atoms with Crippen molar-refractivity contribution in [2.75, 3.05) is 17.3 Å². The number of rotatable bonds is 3. The lowest BCUT2D eigenvalue weighted by atomic mass is 10.1. The smallest absolute Gasteiger partial charge is 0.268 e. The predicted molar refractivity (Wildman–Crippen MR) is 89.0 cm³/mol. The summed E-state index contributed by atoms with van der Waals surface area (Å²) >= 11 is 5.80. The van der Waals surface area contributed by atoms with Crippen molar-refractivity contribution in [1.82, 2.24) is 0 Å². The van der Waals surface area contributed by atoms with Crippen LogP contribution in [0.3, 0.4) is 0 Å². The van der Waals surface area contributed by atoms with E-state index in [0.29, 0.717) is 22.1 Å². The van der Waals surface area contributed by atoms with Gasteiger partial charge >= 0.3 is 0 Å². The molecule has 0 bridgehead atoms. The molecule has 0 spiro atoms. The Kier molecular flexibility index (Phi) is 4.21. The van der Waals surface area contributed by atoms with Crippen LogP contribution in [0.1, 0.15) is 6.42 Å². The van der Waals surface area contributed by atoms with Gasteiger partial charge in [0.2, 0.25) is 5.91 Å². The first kappa shape index (κ1) is 15.4. The van der Waals surface area contributed by atoms with Crippen LogP contribution in [0, 0.1) is 0 Å². The molecule has 118 valence electrons. The van der Waals surface area contributed by atoms with Gasteiger partial charge < -0.3 is 15.0 Å². The highest BCUT2D eigenvalue weighted by atomic mass is 35.5. The third-order valence-corrected chi connectivity index (χ3v) is 3.85. The number of fused-ring (bicyclic) bond motifs is 1. The van der Waals surface area contributed by atoms with Crippen LogP contribution in [0.4, 0.5) is 11.4 Å². The lowest BCUT2D eigenvalue weighted by molar-refractivity contribution is -0.130. The van der Waals surface area contributed by atoms with Crippen LogP contribution in [0.25, 0.3) is 0 Å². The normalized spacial score (nSPS) is 16.5. The van der Waals surface area contributed by atoms with Crippen molar-refractivity contribution >= 4 is 34.8 Å². The van der Waals surface area contributed by atoms with Crippen LogP contribution in [0.5, 0.6) is 5.75 Å². The molecule has 1 heterocycles. The molecule has 0 aliphatic carbocycles. The predicted octanol–water partition coefficient (Wildman–Crippen LogP) is 3.09. The molecule has 0 radical (unpaired) electrons. The van der Waals surface area contributed by atoms with Gasteiger partial charge in [-0.1, -0.05) is 23.7 Å². The number of nitrogens with one attached hydrogen (secondary N) is 1. The topological polar surface area (TPSA) is 58.6 Å². The average Bonchev–Trinajstić information content (AvgIpc) is 2.54. The summed E-state index contributed by atoms with van der Waals surface area (Å²) in [7, 11) is 1.67. The zero-order chi connectivity index (χ0) is 16.4. The number of carbonyl (C=O) groups is 2. The second-order valence-electron chi connectivity index (χ2n) is 5.23. The van der Waals surface area contributed by atoms with E-state index in [2.05, 4.69) is 5.32 Å². The number of likely N-dealkylation sites (N-methyl/N-ethyl adjacent to an activating group) is 1. The number of anilines is 2. The fourth-order valence-electron chi connectivity index (χ4n) is 2.41. The van der Waals surface area contributed by atoms with Crippen LogP contribution in [0.2, 0.25) is 5.02 Å². The Morgan fingerprint density at radius 2 is 1.91 bits per heavy atom. The molecule has 5 nitrogen and oxygen atoms in total. The van der Waals surface area contributed by atoms with Crippen molar-refractivity contribution in [2.24, 2.45) is 0 Å². The summed E-state index contributed by atoms with van der Waals surface area (Å²) in [5.74, 6) is 0.0623. The number of benzene rings is 2. The molecule has 1 aliphatic heterocycles. The van der Waals surface area contributed by atoms with E-state index in [1.54, 1.807) is 43.4 Å². The second kappa shape index (κ2) is 6.30. The molecule has 1 atom stereocenters. The van der Waals surface area contributed by atoms with E-state index < -0.39 is 6.10 Å². The number of ether oxygens (including phenoxy) is 1. The SMILES string of the molecule is CN1C(=O)C(CC(=O)Nc2ccc(Cl)cc2)Oc2ccccc21. The highest BCUT2D eigenvalue weighted by Gasteiger charge is 2.33. The molecule has 1 N–H and O–H groups in total. The first-order chi connectivity index (χ1) is 11.0. The van der Waals surface area contributed by atoms with Crippen molar-refractivity contribution in [2.45, 2.75) is 12.5 Å². The number of amides is 2. The summed E-state index contributed by atoms with van der Waals surface area (Å²) in [6.45, 7) is 0. The molecule has 2 aromatic rings. The minimum absolute atomic E-state index is 0.0554. The fourth-order valence-corrected chi connectivity index (χ4v) is 2.54. The standard InChI is InChI=1S/C17H15ClN2O3/c1-20-13-4-2-3-5-14(13)23-15(17(20)22)10-16(21)19-12-8-6-11(18)7-9-12/h2-9,15H,10H2,1H3,(H,19,21). The Hall–Kier alpha value is -2.53. The van der Waals surface area contributed by atoms with Crippen LogP contribution in [-0.2, 0) is 9.59 Å². The van der Waals surface area contributed by atoms with Crippen molar-refractivity contribution in [3.05, 3.63) is 53.6 Å². The van der Waals surface area contributed by atoms with E-state index in [1.807, 2.05) is 12.1 Å². The maximum Gasteiger partial charge on any atom is 0.268 e. The largest absolute Gasteiger partial charge is 0.478 e. The number of hydrogen-bond acceptors (Lipinski definition) is 3. The van der Waals surface area contributed by atoms with E-state index in [1.165, 1.54) is 4.90 Å². The summed E-state index contributed by atoms with van der Waals surface area (Å²) in [5.41, 5.74) is 1.32. The number of para-hydroxylation sites is 2. The summed E-state index contributed by atoms with van der Waals surface area (Å²) in [6.07, 6.45) is -0.887. The highest BCUT2D eigenvalue weighted by molar-refractivity contribution is 6.30. The summed E-state index contributed by atoms with van der Waals surface area (Å²) in [4.78, 5) is 26.0. The molecule has 6 heteroatoms. The number of carbonyl (C=O) groups excluding carboxylic acids is 2. The Morgan fingerprint density at radius 1 is 1.22 bits per heavy atom. The first-order valence-corrected chi connectivity index (χ1v) is 7.51. The molecule has 2 amide bonds. The minimum Gasteiger partial charge on any atom is -0.478 e. The van der Waals surface area contributed by atoms with Gasteiger partial charge in [-0.3, -0.25) is 9.59 Å². The molecule has 2 aromatic carbocycles. The number of halogens is 1. The van der Waals surface area contributed by atoms with Crippen molar-refractivity contribution in [3.63, 3.8) is 0 Å². The van der Waals surface area contributed by atoms with Crippen LogP contribution in [0.15, 0.2) is 48.5 Å². The molecule has 0 saturated carbocycles. The molecule has 1 aliphatic rings. The quantitative estimate of drug-likeness (QED) is 0.940. The third-order valence-electron chi connectivity index (χ3n) is 3.60. The van der Waals surface area contributed by atoms with Gasteiger partial charge in [0.15, 0.2) is 6.10 Å². The number of nitrogens with zero attached hydrogens (tertiary/aromatic N) is 1. The fraction of sp³-hybridized carbons (Fsp3) is 0.176. The molecule has 0 fully saturated rings. The van der Waals surface area contributed by atoms with E-state index in [9.17, 15) is 9.59 Å². The lowest BCUT2D eigenvalue weighted by Crippen LogP contribution is -2.45. The molecular formula is C17H15ClN2O3. The van der Waals surface area contributed by atoms with E-state index in [0.717, 1.165) is 0 Å². The van der Waals surface area contributed by atoms with Crippen LogP contribution < -0.4 is 15.0 Å². The Morgan fingerprint density at radius 3 is 2.65 bits per heavy atom.